The zero-order valence-corrected chi connectivity index (χ0v) is 18.2. The predicted molar refractivity (Wildman–Crippen MR) is 114 cm³/mol. The smallest absolute Gasteiger partial charge is 0.387 e. The maximum atomic E-state index is 12.4. The molecule has 0 radical (unpaired) electrons. The first-order chi connectivity index (χ1) is 14.7. The Kier molecular flexibility index (Phi) is 8.62. The molecule has 0 fully saturated rings. The third kappa shape index (κ3) is 6.85. The van der Waals surface area contributed by atoms with Crippen LogP contribution in [0.15, 0.2) is 30.6 Å². The molecule has 2 heterocycles. The number of hydrogen-bond donors (Lipinski definition) is 1. The Hall–Kier alpha value is -3.34. The number of hydrogen-bond acceptors (Lipinski definition) is 7. The largest absolute Gasteiger partial charge is 0.467 e. The lowest BCUT2D eigenvalue weighted by Crippen LogP contribution is -2.21. The van der Waals surface area contributed by atoms with Crippen molar-refractivity contribution in [2.45, 2.75) is 20.5 Å². The number of thiophene rings is 1. The van der Waals surface area contributed by atoms with Crippen LogP contribution < -0.4 is 14.8 Å². The minimum Gasteiger partial charge on any atom is -0.467 e. The maximum absolute atomic E-state index is 12.4. The van der Waals surface area contributed by atoms with Crippen LogP contribution in [-0.2, 0) is 9.59 Å². The van der Waals surface area contributed by atoms with E-state index in [0.717, 1.165) is 27.1 Å². The molecule has 0 bridgehead atoms. The maximum Gasteiger partial charge on any atom is 0.387 e. The number of carbonyl (C=O) groups excluding carboxylic acids is 2. The summed E-state index contributed by atoms with van der Waals surface area (Å²) in [5.74, 6) is -0.333. The van der Waals surface area contributed by atoms with Crippen molar-refractivity contribution in [2.24, 2.45) is 0 Å². The van der Waals surface area contributed by atoms with Crippen LogP contribution in [0.5, 0.6) is 11.6 Å². The molecule has 0 saturated heterocycles. The normalized spacial score (nSPS) is 10.3. The number of amides is 2. The van der Waals surface area contributed by atoms with Gasteiger partial charge in [0.15, 0.2) is 6.61 Å². The van der Waals surface area contributed by atoms with Crippen molar-refractivity contribution in [3.05, 3.63) is 41.0 Å². The van der Waals surface area contributed by atoms with Crippen molar-refractivity contribution in [2.75, 3.05) is 26.0 Å². The molecule has 31 heavy (non-hydrogen) atoms. The fraction of sp³-hybridized carbons (Fsp3) is 0.300. The predicted octanol–water partition coefficient (Wildman–Crippen LogP) is 3.63. The number of anilines is 1. The topological polar surface area (TPSA) is 93.7 Å². The minimum atomic E-state index is -2.98. The summed E-state index contributed by atoms with van der Waals surface area (Å²) in [7, 11) is 3.38. The van der Waals surface area contributed by atoms with Crippen molar-refractivity contribution in [1.82, 2.24) is 14.9 Å². The van der Waals surface area contributed by atoms with Crippen molar-refractivity contribution >= 4 is 39.6 Å². The second-order valence-corrected chi connectivity index (χ2v) is 7.63. The molecule has 8 nitrogen and oxygen atoms in total. The molecule has 0 aliphatic carbocycles. The van der Waals surface area contributed by atoms with Crippen LogP contribution in [0.4, 0.5) is 14.5 Å². The number of para-hydroxylation sites is 2. The van der Waals surface area contributed by atoms with E-state index in [2.05, 4.69) is 20.0 Å². The molecule has 2 amide bonds. The Morgan fingerprint density at radius 2 is 1.94 bits per heavy atom. The molecule has 0 saturated carbocycles. The van der Waals surface area contributed by atoms with E-state index in [0.29, 0.717) is 5.88 Å². The summed E-state index contributed by atoms with van der Waals surface area (Å²) in [4.78, 5) is 33.2. The van der Waals surface area contributed by atoms with E-state index in [4.69, 9.17) is 4.74 Å². The second kappa shape index (κ2) is 11.2. The van der Waals surface area contributed by atoms with E-state index < -0.39 is 12.5 Å². The lowest BCUT2D eigenvalue weighted by atomic mass is 10.2. The number of aromatic nitrogens is 2. The number of fused-ring (bicyclic) bond motifs is 1. The Morgan fingerprint density at radius 1 is 1.26 bits per heavy atom. The first kappa shape index (κ1) is 23.9. The zero-order chi connectivity index (χ0) is 23.0. The Labute approximate surface area is 181 Å². The number of nitrogens with one attached hydrogen (secondary N) is 1. The lowest BCUT2D eigenvalue weighted by molar-refractivity contribution is -0.118. The molecule has 0 spiro atoms. The van der Waals surface area contributed by atoms with Crippen LogP contribution in [0.2, 0.25) is 0 Å². The molecule has 3 aromatic rings. The number of aryl methyl sites for hydroxylation is 2. The third-order valence-electron chi connectivity index (χ3n) is 3.86. The van der Waals surface area contributed by atoms with Gasteiger partial charge in [0.25, 0.3) is 5.91 Å². The van der Waals surface area contributed by atoms with Crippen molar-refractivity contribution in [1.29, 1.82) is 0 Å². The molecule has 0 unspecified atom stereocenters. The number of halogens is 2. The van der Waals surface area contributed by atoms with Gasteiger partial charge in [0.2, 0.25) is 12.3 Å². The van der Waals surface area contributed by atoms with Crippen molar-refractivity contribution < 1.29 is 27.8 Å². The molecule has 166 valence electrons. The molecule has 11 heteroatoms. The zero-order valence-electron chi connectivity index (χ0n) is 17.4. The summed E-state index contributed by atoms with van der Waals surface area (Å²) in [5.41, 5.74) is 1.13. The molecule has 2 aromatic heterocycles. The van der Waals surface area contributed by atoms with Gasteiger partial charge in [-0.25, -0.2) is 9.97 Å². The molecular weight excluding hydrogens is 430 g/mol. The van der Waals surface area contributed by atoms with Gasteiger partial charge < -0.3 is 19.7 Å². The molecule has 0 aliphatic rings. The van der Waals surface area contributed by atoms with Crippen LogP contribution in [0.3, 0.4) is 0 Å². The monoisotopic (exact) mass is 452 g/mol. The number of carbonyl (C=O) groups is 2. The van der Waals surface area contributed by atoms with Gasteiger partial charge in [0.05, 0.1) is 11.1 Å². The molecule has 0 atom stereocenters. The highest BCUT2D eigenvalue weighted by Gasteiger charge is 2.15. The van der Waals surface area contributed by atoms with E-state index in [9.17, 15) is 18.4 Å². The van der Waals surface area contributed by atoms with Crippen LogP contribution in [0.1, 0.15) is 10.4 Å². The summed E-state index contributed by atoms with van der Waals surface area (Å²) in [6, 6.07) is 5.93. The fourth-order valence-corrected chi connectivity index (χ4v) is 3.34. The SMILES string of the molecule is CN(C)C=O.Cc1sc2ncnc(OCC(=O)Nc3ccccc3OC(F)F)c2c1C. The van der Waals surface area contributed by atoms with Gasteiger partial charge in [0, 0.05) is 19.0 Å². The van der Waals surface area contributed by atoms with Crippen molar-refractivity contribution in [3.8, 4) is 11.6 Å². The molecule has 1 N–H and O–H groups in total. The Balaban J connectivity index is 0.000000614. The molecular formula is C20H22F2N4O4S. The fourth-order valence-electron chi connectivity index (χ4n) is 2.35. The highest BCUT2D eigenvalue weighted by Crippen LogP contribution is 2.33. The number of rotatable bonds is 7. The molecule has 1 aromatic carbocycles. The van der Waals surface area contributed by atoms with Crippen LogP contribution in [-0.4, -0.2) is 54.5 Å². The average Bonchev–Trinajstić information content (AvgIpc) is 3.02. The first-order valence-electron chi connectivity index (χ1n) is 9.01. The van der Waals surface area contributed by atoms with Crippen molar-refractivity contribution in [3.63, 3.8) is 0 Å². The quantitative estimate of drug-likeness (QED) is 0.550. The van der Waals surface area contributed by atoms with Gasteiger partial charge in [-0.2, -0.15) is 8.78 Å². The lowest BCUT2D eigenvalue weighted by Gasteiger charge is -2.12. The minimum absolute atomic E-state index is 0.121. The standard InChI is InChI=1S/C17H15F2N3O3S.C3H7NO/c1-9-10(2)26-16-14(9)15(20-8-21-16)24-7-13(23)22-11-5-3-4-6-12(11)25-17(18)19;1-4(2)3-5/h3-6,8,17H,7H2,1-2H3,(H,22,23);3H,1-2H3. The van der Waals surface area contributed by atoms with Gasteiger partial charge in [-0.15, -0.1) is 11.3 Å². The third-order valence-corrected chi connectivity index (χ3v) is 4.97. The number of alkyl halides is 2. The Bertz CT molecular complexity index is 1040. The van der Waals surface area contributed by atoms with E-state index in [-0.39, 0.29) is 18.0 Å². The van der Waals surface area contributed by atoms with E-state index in [1.165, 1.54) is 40.8 Å². The highest BCUT2D eigenvalue weighted by atomic mass is 32.1. The first-order valence-corrected chi connectivity index (χ1v) is 9.83. The van der Waals surface area contributed by atoms with E-state index in [1.807, 2.05) is 13.8 Å². The van der Waals surface area contributed by atoms with Gasteiger partial charge in [-0.05, 0) is 31.5 Å². The number of nitrogens with zero attached hydrogens (tertiary/aromatic N) is 3. The highest BCUT2D eigenvalue weighted by molar-refractivity contribution is 7.18. The van der Waals surface area contributed by atoms with Crippen LogP contribution in [0, 0.1) is 13.8 Å². The average molecular weight is 452 g/mol. The second-order valence-electron chi connectivity index (χ2n) is 6.42. The summed E-state index contributed by atoms with van der Waals surface area (Å²) in [5, 5.41) is 3.26. The number of benzene rings is 1. The summed E-state index contributed by atoms with van der Waals surface area (Å²) >= 11 is 1.52. The Morgan fingerprint density at radius 3 is 2.58 bits per heavy atom. The van der Waals surface area contributed by atoms with Gasteiger partial charge in [0.1, 0.15) is 16.9 Å². The summed E-state index contributed by atoms with van der Waals surface area (Å²) < 4.78 is 34.7. The summed E-state index contributed by atoms with van der Waals surface area (Å²) in [6.45, 7) is 0.590. The van der Waals surface area contributed by atoms with Gasteiger partial charge in [-0.1, -0.05) is 12.1 Å². The van der Waals surface area contributed by atoms with Gasteiger partial charge >= 0.3 is 6.61 Å². The number of ether oxygens (including phenoxy) is 2. The molecule has 0 aliphatic heterocycles. The van der Waals surface area contributed by atoms with Crippen LogP contribution in [0.25, 0.3) is 10.2 Å². The van der Waals surface area contributed by atoms with E-state index >= 15 is 0 Å². The van der Waals surface area contributed by atoms with Gasteiger partial charge in [-0.3, -0.25) is 9.59 Å². The summed E-state index contributed by atoms with van der Waals surface area (Å²) in [6.07, 6.45) is 2.12. The van der Waals surface area contributed by atoms with Crippen LogP contribution >= 0.6 is 11.3 Å². The molecule has 3 rings (SSSR count). The van der Waals surface area contributed by atoms with E-state index in [1.54, 1.807) is 20.2 Å².